The van der Waals surface area contributed by atoms with Crippen LogP contribution < -0.4 is 0 Å². The van der Waals surface area contributed by atoms with Crippen molar-refractivity contribution in [2.45, 2.75) is 46.0 Å². The second kappa shape index (κ2) is 9.31. The van der Waals surface area contributed by atoms with Crippen LogP contribution in [0.1, 0.15) is 46.0 Å². The molecule has 0 aliphatic rings. The van der Waals surface area contributed by atoms with Crippen LogP contribution in [0.15, 0.2) is 36.5 Å². The van der Waals surface area contributed by atoms with E-state index in [-0.39, 0.29) is 0 Å². The Balaban J connectivity index is 3.70. The second-order valence-corrected chi connectivity index (χ2v) is 3.24. The number of hydrogen-bond acceptors (Lipinski definition) is 0. The smallest absolute Gasteiger partial charge is 0.0248 e. The molecule has 0 heterocycles. The van der Waals surface area contributed by atoms with Crippen molar-refractivity contribution < 1.29 is 0 Å². The fraction of sp³-hybridized carbons (Fsp3) is 0.538. The van der Waals surface area contributed by atoms with E-state index in [1.807, 2.05) is 6.08 Å². The highest BCUT2D eigenvalue weighted by Gasteiger charge is 1.88. The normalized spacial score (nSPS) is 12.3. The predicted molar refractivity (Wildman–Crippen MR) is 61.9 cm³/mol. The van der Waals surface area contributed by atoms with Crippen molar-refractivity contribution in [3.63, 3.8) is 0 Å². The third-order valence-electron chi connectivity index (χ3n) is 2.06. The summed E-state index contributed by atoms with van der Waals surface area (Å²) in [4.78, 5) is 0. The Morgan fingerprint density at radius 1 is 1.31 bits per heavy atom. The van der Waals surface area contributed by atoms with E-state index in [2.05, 4.69) is 38.7 Å². The van der Waals surface area contributed by atoms with Gasteiger partial charge in [0, 0.05) is 0 Å². The Bertz CT molecular complexity index is 172. The summed E-state index contributed by atoms with van der Waals surface area (Å²) in [6.07, 6.45) is 14.7. The number of unbranched alkanes of at least 4 members (excludes halogenated alkanes) is 2. The van der Waals surface area contributed by atoms with Gasteiger partial charge in [0.25, 0.3) is 0 Å². The van der Waals surface area contributed by atoms with Crippen LogP contribution in [0.5, 0.6) is 0 Å². The first-order chi connectivity index (χ1) is 6.35. The van der Waals surface area contributed by atoms with Crippen molar-refractivity contribution in [3.8, 4) is 0 Å². The van der Waals surface area contributed by atoms with Gasteiger partial charge >= 0.3 is 0 Å². The van der Waals surface area contributed by atoms with Crippen LogP contribution in [0.25, 0.3) is 0 Å². The maximum absolute atomic E-state index is 3.73. The SMILES string of the molecule is C=CCCC(C=CCCCC)=CC. The van der Waals surface area contributed by atoms with Gasteiger partial charge in [-0.25, -0.2) is 0 Å². The summed E-state index contributed by atoms with van der Waals surface area (Å²) in [5, 5.41) is 0. The largest absolute Gasteiger partial charge is 0.103 e. The Labute approximate surface area is 83.0 Å². The van der Waals surface area contributed by atoms with E-state index in [9.17, 15) is 0 Å². The zero-order valence-corrected chi connectivity index (χ0v) is 9.05. The molecule has 0 spiro atoms. The number of hydrogen-bond donors (Lipinski definition) is 0. The molecule has 0 radical (unpaired) electrons. The maximum atomic E-state index is 3.73. The van der Waals surface area contributed by atoms with Crippen LogP contribution in [0.2, 0.25) is 0 Å². The number of allylic oxidation sites excluding steroid dienone is 5. The van der Waals surface area contributed by atoms with Crippen molar-refractivity contribution in [3.05, 3.63) is 36.5 Å². The molecule has 0 rings (SSSR count). The molecule has 0 heteroatoms. The monoisotopic (exact) mass is 178 g/mol. The second-order valence-electron chi connectivity index (χ2n) is 3.24. The third kappa shape index (κ3) is 7.58. The van der Waals surface area contributed by atoms with E-state index in [1.165, 1.54) is 24.8 Å². The van der Waals surface area contributed by atoms with Crippen molar-refractivity contribution >= 4 is 0 Å². The predicted octanol–water partition coefficient (Wildman–Crippen LogP) is 4.65. The van der Waals surface area contributed by atoms with Gasteiger partial charge in [-0.1, -0.05) is 49.6 Å². The van der Waals surface area contributed by atoms with E-state index in [0.29, 0.717) is 0 Å². The lowest BCUT2D eigenvalue weighted by molar-refractivity contribution is 0.813. The highest BCUT2D eigenvalue weighted by molar-refractivity contribution is 5.18. The summed E-state index contributed by atoms with van der Waals surface area (Å²) in [5.41, 5.74) is 1.43. The summed E-state index contributed by atoms with van der Waals surface area (Å²) in [5.74, 6) is 0. The fourth-order valence-corrected chi connectivity index (χ4v) is 1.15. The fourth-order valence-electron chi connectivity index (χ4n) is 1.15. The molecule has 0 aromatic rings. The molecule has 0 aliphatic heterocycles. The van der Waals surface area contributed by atoms with E-state index in [0.717, 1.165) is 12.8 Å². The van der Waals surface area contributed by atoms with Gasteiger partial charge in [0.1, 0.15) is 0 Å². The average Bonchev–Trinajstić information content (AvgIpc) is 2.17. The van der Waals surface area contributed by atoms with Gasteiger partial charge in [0.15, 0.2) is 0 Å². The van der Waals surface area contributed by atoms with E-state index in [4.69, 9.17) is 0 Å². The Kier molecular flexibility index (Phi) is 8.75. The summed E-state index contributed by atoms with van der Waals surface area (Å²) in [6.45, 7) is 8.05. The molecule has 0 nitrogen and oxygen atoms in total. The molecule has 0 saturated heterocycles. The molecule has 0 atom stereocenters. The van der Waals surface area contributed by atoms with Gasteiger partial charge in [-0.05, 0) is 26.2 Å². The molecule has 0 amide bonds. The van der Waals surface area contributed by atoms with Crippen LogP contribution in [-0.2, 0) is 0 Å². The van der Waals surface area contributed by atoms with Crippen LogP contribution in [0.3, 0.4) is 0 Å². The molecule has 74 valence electrons. The Morgan fingerprint density at radius 3 is 2.62 bits per heavy atom. The standard InChI is InChI=1S/C13H22/c1-4-7-9-10-12-13(6-3)11-8-5-2/h5-6,10,12H,2,4,7-9,11H2,1,3H3. The molecule has 0 fully saturated rings. The first kappa shape index (κ1) is 12.2. The minimum Gasteiger partial charge on any atom is -0.103 e. The summed E-state index contributed by atoms with van der Waals surface area (Å²) < 4.78 is 0. The van der Waals surface area contributed by atoms with E-state index >= 15 is 0 Å². The minimum atomic E-state index is 1.08. The van der Waals surface area contributed by atoms with Crippen LogP contribution in [-0.4, -0.2) is 0 Å². The minimum absolute atomic E-state index is 1.08. The lowest BCUT2D eigenvalue weighted by atomic mass is 10.1. The van der Waals surface area contributed by atoms with Gasteiger partial charge < -0.3 is 0 Å². The third-order valence-corrected chi connectivity index (χ3v) is 2.06. The molecular formula is C13H22. The molecule has 13 heavy (non-hydrogen) atoms. The van der Waals surface area contributed by atoms with Crippen molar-refractivity contribution in [2.24, 2.45) is 0 Å². The first-order valence-electron chi connectivity index (χ1n) is 5.27. The van der Waals surface area contributed by atoms with Crippen LogP contribution in [0.4, 0.5) is 0 Å². The van der Waals surface area contributed by atoms with Gasteiger partial charge in [0.05, 0.1) is 0 Å². The molecule has 0 unspecified atom stereocenters. The van der Waals surface area contributed by atoms with E-state index < -0.39 is 0 Å². The topological polar surface area (TPSA) is 0 Å². The van der Waals surface area contributed by atoms with Gasteiger partial charge in [-0.2, -0.15) is 0 Å². The highest BCUT2D eigenvalue weighted by atomic mass is 13.9. The lowest BCUT2D eigenvalue weighted by Crippen LogP contribution is -1.77. The van der Waals surface area contributed by atoms with Crippen molar-refractivity contribution in [1.82, 2.24) is 0 Å². The molecule has 0 aromatic heterocycles. The quantitative estimate of drug-likeness (QED) is 0.302. The summed E-state index contributed by atoms with van der Waals surface area (Å²) >= 11 is 0. The lowest BCUT2D eigenvalue weighted by Gasteiger charge is -1.97. The zero-order chi connectivity index (χ0) is 9.94. The molecule has 0 aromatic carbocycles. The van der Waals surface area contributed by atoms with Crippen molar-refractivity contribution in [1.29, 1.82) is 0 Å². The molecule has 0 bridgehead atoms. The zero-order valence-electron chi connectivity index (χ0n) is 9.05. The van der Waals surface area contributed by atoms with Crippen LogP contribution >= 0.6 is 0 Å². The van der Waals surface area contributed by atoms with E-state index in [1.54, 1.807) is 0 Å². The Morgan fingerprint density at radius 2 is 2.08 bits per heavy atom. The highest BCUT2D eigenvalue weighted by Crippen LogP contribution is 2.08. The van der Waals surface area contributed by atoms with Gasteiger partial charge in [-0.3, -0.25) is 0 Å². The molecule has 0 saturated carbocycles. The van der Waals surface area contributed by atoms with Crippen LogP contribution in [0, 0.1) is 0 Å². The average molecular weight is 178 g/mol. The maximum Gasteiger partial charge on any atom is -0.0248 e. The molecule has 0 aliphatic carbocycles. The number of rotatable bonds is 7. The molecule has 0 N–H and O–H groups in total. The van der Waals surface area contributed by atoms with Crippen molar-refractivity contribution in [2.75, 3.05) is 0 Å². The first-order valence-corrected chi connectivity index (χ1v) is 5.27. The Hall–Kier alpha value is -0.780. The van der Waals surface area contributed by atoms with Gasteiger partial charge in [-0.15, -0.1) is 6.58 Å². The molecular weight excluding hydrogens is 156 g/mol. The van der Waals surface area contributed by atoms with Gasteiger partial charge in [0.2, 0.25) is 0 Å². The summed E-state index contributed by atoms with van der Waals surface area (Å²) in [6, 6.07) is 0. The summed E-state index contributed by atoms with van der Waals surface area (Å²) in [7, 11) is 0.